The van der Waals surface area contributed by atoms with E-state index >= 15 is 0 Å². The molecule has 0 aromatic heterocycles. The molecule has 3 N–H and O–H groups in total. The molecule has 0 saturated carbocycles. The highest BCUT2D eigenvalue weighted by atomic mass is 16.5. The van der Waals surface area contributed by atoms with E-state index in [2.05, 4.69) is 0 Å². The van der Waals surface area contributed by atoms with Gasteiger partial charge in [0.25, 0.3) is 0 Å². The van der Waals surface area contributed by atoms with Crippen molar-refractivity contribution in [3.63, 3.8) is 0 Å². The van der Waals surface area contributed by atoms with Crippen LogP contribution in [0.1, 0.15) is 33.1 Å². The van der Waals surface area contributed by atoms with E-state index in [0.717, 1.165) is 12.8 Å². The lowest BCUT2D eigenvalue weighted by Crippen LogP contribution is -2.52. The zero-order chi connectivity index (χ0) is 14.4. The number of carboxylic acids is 1. The summed E-state index contributed by atoms with van der Waals surface area (Å²) in [5, 5.41) is 9.14. The number of amides is 1. The summed E-state index contributed by atoms with van der Waals surface area (Å²) in [5.41, 5.74) is 5.89. The van der Waals surface area contributed by atoms with E-state index in [1.807, 2.05) is 13.8 Å². The van der Waals surface area contributed by atoms with Gasteiger partial charge < -0.3 is 20.5 Å². The Kier molecular flexibility index (Phi) is 6.24. The van der Waals surface area contributed by atoms with Gasteiger partial charge in [0.1, 0.15) is 5.92 Å². The largest absolute Gasteiger partial charge is 0.481 e. The number of likely N-dealkylation sites (N-methyl/N-ethyl adjacent to an activating group) is 1. The van der Waals surface area contributed by atoms with Gasteiger partial charge in [-0.25, -0.2) is 0 Å². The first-order valence-electron chi connectivity index (χ1n) is 6.89. The second-order valence-corrected chi connectivity index (χ2v) is 4.92. The van der Waals surface area contributed by atoms with Gasteiger partial charge in [0.2, 0.25) is 5.91 Å². The standard InChI is InChI=1S/C13H24N2O4/c1-3-5-6-10(14)12(16)15(4-2)11-8-19-7-9(11)13(17)18/h9-11H,3-8,14H2,1-2H3,(H,17,18)/t9?,10-,11?/m0/s1. The van der Waals surface area contributed by atoms with Crippen LogP contribution >= 0.6 is 0 Å². The van der Waals surface area contributed by atoms with Crippen LogP contribution in [-0.4, -0.2) is 53.7 Å². The number of unbranched alkanes of at least 4 members (excludes halogenated alkanes) is 1. The summed E-state index contributed by atoms with van der Waals surface area (Å²) >= 11 is 0. The molecular formula is C13H24N2O4. The average Bonchev–Trinajstić information content (AvgIpc) is 2.86. The van der Waals surface area contributed by atoms with Crippen molar-refractivity contribution < 1.29 is 19.4 Å². The van der Waals surface area contributed by atoms with Gasteiger partial charge in [0, 0.05) is 6.54 Å². The minimum atomic E-state index is -0.920. The smallest absolute Gasteiger partial charge is 0.311 e. The number of hydrogen-bond donors (Lipinski definition) is 2. The Morgan fingerprint density at radius 3 is 2.63 bits per heavy atom. The summed E-state index contributed by atoms with van der Waals surface area (Å²) in [6, 6.07) is -0.947. The van der Waals surface area contributed by atoms with Crippen LogP contribution in [0.3, 0.4) is 0 Å². The number of hydrogen-bond acceptors (Lipinski definition) is 4. The highest BCUT2D eigenvalue weighted by molar-refractivity contribution is 5.83. The number of rotatable bonds is 7. The van der Waals surface area contributed by atoms with Gasteiger partial charge in [0.15, 0.2) is 0 Å². The Hall–Kier alpha value is -1.14. The number of nitrogens with zero attached hydrogens (tertiary/aromatic N) is 1. The number of carboxylic acid groups (broad SMARTS) is 1. The molecule has 1 rings (SSSR count). The molecule has 1 heterocycles. The average molecular weight is 272 g/mol. The fourth-order valence-electron chi connectivity index (χ4n) is 2.40. The SMILES string of the molecule is CCCC[C@H](N)C(=O)N(CC)C1COCC1C(=O)O. The van der Waals surface area contributed by atoms with E-state index in [9.17, 15) is 9.59 Å². The highest BCUT2D eigenvalue weighted by Crippen LogP contribution is 2.21. The van der Waals surface area contributed by atoms with E-state index in [0.29, 0.717) is 13.0 Å². The van der Waals surface area contributed by atoms with E-state index in [1.54, 1.807) is 4.90 Å². The summed E-state index contributed by atoms with van der Waals surface area (Å²) < 4.78 is 5.21. The third-order valence-corrected chi connectivity index (χ3v) is 3.58. The summed E-state index contributed by atoms with van der Waals surface area (Å²) in [5.74, 6) is -1.74. The second-order valence-electron chi connectivity index (χ2n) is 4.92. The van der Waals surface area contributed by atoms with Gasteiger partial charge in [-0.1, -0.05) is 19.8 Å². The van der Waals surface area contributed by atoms with E-state index < -0.39 is 24.0 Å². The van der Waals surface area contributed by atoms with E-state index in [4.69, 9.17) is 15.6 Å². The lowest BCUT2D eigenvalue weighted by molar-refractivity contribution is -0.145. The molecule has 6 heteroatoms. The molecule has 1 aliphatic heterocycles. The fourth-order valence-corrected chi connectivity index (χ4v) is 2.40. The summed E-state index contributed by atoms with van der Waals surface area (Å²) in [4.78, 5) is 25.0. The monoisotopic (exact) mass is 272 g/mol. The van der Waals surface area contributed by atoms with Gasteiger partial charge in [-0.15, -0.1) is 0 Å². The first kappa shape index (κ1) is 15.9. The third-order valence-electron chi connectivity index (χ3n) is 3.58. The Bertz CT molecular complexity index is 322. The Balaban J connectivity index is 2.70. The van der Waals surface area contributed by atoms with Gasteiger partial charge in [0.05, 0.1) is 25.3 Å². The molecule has 0 bridgehead atoms. The Morgan fingerprint density at radius 1 is 1.42 bits per heavy atom. The maximum atomic E-state index is 12.3. The van der Waals surface area contributed by atoms with Crippen LogP contribution in [0.5, 0.6) is 0 Å². The fraction of sp³-hybridized carbons (Fsp3) is 0.846. The number of aliphatic carboxylic acids is 1. The van der Waals surface area contributed by atoms with Gasteiger partial charge in [-0.05, 0) is 13.3 Å². The van der Waals surface area contributed by atoms with E-state index in [1.165, 1.54) is 0 Å². The third kappa shape index (κ3) is 3.91. The first-order valence-corrected chi connectivity index (χ1v) is 6.89. The summed E-state index contributed by atoms with van der Waals surface area (Å²) in [6.07, 6.45) is 2.52. The topological polar surface area (TPSA) is 92.9 Å². The molecule has 2 unspecified atom stereocenters. The molecule has 0 aromatic carbocycles. The van der Waals surface area contributed by atoms with Crippen LogP contribution in [-0.2, 0) is 14.3 Å². The zero-order valence-corrected chi connectivity index (χ0v) is 11.7. The lowest BCUT2D eigenvalue weighted by atomic mass is 10.0. The molecule has 110 valence electrons. The molecule has 1 aliphatic rings. The van der Waals surface area contributed by atoms with Crippen LogP contribution in [0.2, 0.25) is 0 Å². The molecule has 0 radical (unpaired) electrons. The van der Waals surface area contributed by atoms with Crippen molar-refractivity contribution in [1.29, 1.82) is 0 Å². The van der Waals surface area contributed by atoms with Crippen molar-refractivity contribution in [3.05, 3.63) is 0 Å². The molecule has 1 amide bonds. The number of carbonyl (C=O) groups is 2. The van der Waals surface area contributed by atoms with Gasteiger partial charge in [-0.3, -0.25) is 9.59 Å². The van der Waals surface area contributed by atoms with Crippen LogP contribution in [0.15, 0.2) is 0 Å². The molecule has 19 heavy (non-hydrogen) atoms. The van der Waals surface area contributed by atoms with Crippen molar-refractivity contribution in [2.24, 2.45) is 11.7 Å². The molecule has 6 nitrogen and oxygen atoms in total. The van der Waals surface area contributed by atoms with Gasteiger partial charge in [-0.2, -0.15) is 0 Å². The highest BCUT2D eigenvalue weighted by Gasteiger charge is 2.40. The van der Waals surface area contributed by atoms with Crippen molar-refractivity contribution in [2.75, 3.05) is 19.8 Å². The van der Waals surface area contributed by atoms with Crippen molar-refractivity contribution in [1.82, 2.24) is 4.90 Å². The van der Waals surface area contributed by atoms with Crippen LogP contribution in [0, 0.1) is 5.92 Å². The minimum absolute atomic E-state index is 0.161. The Labute approximate surface area is 113 Å². The van der Waals surface area contributed by atoms with Crippen LogP contribution in [0.4, 0.5) is 0 Å². The minimum Gasteiger partial charge on any atom is -0.481 e. The molecule has 1 saturated heterocycles. The summed E-state index contributed by atoms with van der Waals surface area (Å²) in [6.45, 7) is 4.77. The molecular weight excluding hydrogens is 248 g/mol. The normalized spacial score (nSPS) is 24.2. The summed E-state index contributed by atoms with van der Waals surface area (Å²) in [7, 11) is 0. The molecule has 0 spiro atoms. The van der Waals surface area contributed by atoms with E-state index in [-0.39, 0.29) is 19.1 Å². The predicted octanol–water partition coefficient (Wildman–Crippen LogP) is 0.452. The van der Waals surface area contributed by atoms with Crippen molar-refractivity contribution in [2.45, 2.75) is 45.2 Å². The molecule has 0 aliphatic carbocycles. The van der Waals surface area contributed by atoms with Crippen LogP contribution in [0.25, 0.3) is 0 Å². The van der Waals surface area contributed by atoms with Crippen molar-refractivity contribution in [3.8, 4) is 0 Å². The maximum Gasteiger partial charge on any atom is 0.311 e. The zero-order valence-electron chi connectivity index (χ0n) is 11.7. The molecule has 1 fully saturated rings. The lowest BCUT2D eigenvalue weighted by Gasteiger charge is -2.31. The number of nitrogens with two attached hydrogens (primary N) is 1. The quantitative estimate of drug-likeness (QED) is 0.702. The molecule has 3 atom stereocenters. The number of ether oxygens (including phenoxy) is 1. The van der Waals surface area contributed by atoms with Gasteiger partial charge >= 0.3 is 5.97 Å². The second kappa shape index (κ2) is 7.45. The number of carbonyl (C=O) groups excluding carboxylic acids is 1. The first-order chi connectivity index (χ1) is 9.02. The Morgan fingerprint density at radius 2 is 2.11 bits per heavy atom. The predicted molar refractivity (Wildman–Crippen MR) is 70.6 cm³/mol. The molecule has 0 aromatic rings. The van der Waals surface area contributed by atoms with Crippen molar-refractivity contribution >= 4 is 11.9 Å². The maximum absolute atomic E-state index is 12.3. The van der Waals surface area contributed by atoms with Crippen LogP contribution < -0.4 is 5.73 Å².